The molecule has 2 heterocycles. The fraction of sp³-hybridized carbons (Fsp3) is 0.579. The molecule has 3 rings (SSSR count). The third-order valence-corrected chi connectivity index (χ3v) is 5.49. The second-order valence-corrected chi connectivity index (χ2v) is 7.80. The number of anilines is 1. The summed E-state index contributed by atoms with van der Waals surface area (Å²) in [5, 5.41) is 0. The van der Waals surface area contributed by atoms with Crippen molar-refractivity contribution in [3.63, 3.8) is 0 Å². The molecule has 0 atom stereocenters. The highest BCUT2D eigenvalue weighted by Crippen LogP contribution is 2.38. The summed E-state index contributed by atoms with van der Waals surface area (Å²) < 4.78 is 12.3. The van der Waals surface area contributed by atoms with E-state index in [0.29, 0.717) is 6.54 Å². The molecule has 130 valence electrons. The molecule has 0 amide bonds. The molecule has 1 aromatic carbocycles. The van der Waals surface area contributed by atoms with Gasteiger partial charge >= 0.3 is 7.12 Å². The summed E-state index contributed by atoms with van der Waals surface area (Å²) in [6.07, 6.45) is 4.67. The fourth-order valence-electron chi connectivity index (χ4n) is 3.22. The lowest BCUT2D eigenvalue weighted by molar-refractivity contribution is 0.00578. The molecule has 0 spiro atoms. The van der Waals surface area contributed by atoms with Gasteiger partial charge in [0.05, 0.1) is 11.2 Å². The molecule has 2 N–H and O–H groups in total. The molecule has 0 radical (unpaired) electrons. The predicted molar refractivity (Wildman–Crippen MR) is 101 cm³/mol. The second-order valence-electron chi connectivity index (χ2n) is 7.80. The van der Waals surface area contributed by atoms with Crippen molar-refractivity contribution in [2.45, 2.75) is 51.7 Å². The largest absolute Gasteiger partial charge is 0.491 e. The topological polar surface area (TPSA) is 47.7 Å². The zero-order valence-electron chi connectivity index (χ0n) is 15.3. The summed E-state index contributed by atoms with van der Waals surface area (Å²) in [4.78, 5) is 2.44. The van der Waals surface area contributed by atoms with Gasteiger partial charge in [-0.3, -0.25) is 0 Å². The lowest BCUT2D eigenvalue weighted by Gasteiger charge is -2.32. The van der Waals surface area contributed by atoms with Gasteiger partial charge in [0.1, 0.15) is 0 Å². The molecule has 0 aliphatic carbocycles. The van der Waals surface area contributed by atoms with Crippen LogP contribution in [-0.2, 0) is 9.31 Å². The fourth-order valence-corrected chi connectivity index (χ4v) is 3.22. The molecule has 2 saturated heterocycles. The van der Waals surface area contributed by atoms with Gasteiger partial charge in [0.2, 0.25) is 0 Å². The minimum absolute atomic E-state index is 0.344. The monoisotopic (exact) mass is 328 g/mol. The summed E-state index contributed by atoms with van der Waals surface area (Å²) in [6.45, 7) is 11.0. The maximum absolute atomic E-state index is 6.14. The Labute approximate surface area is 146 Å². The van der Waals surface area contributed by atoms with Crippen LogP contribution >= 0.6 is 0 Å². The average Bonchev–Trinajstić information content (AvgIpc) is 3.12. The predicted octanol–water partition coefficient (Wildman–Crippen LogP) is 3.26. The van der Waals surface area contributed by atoms with Crippen LogP contribution in [0.25, 0.3) is 6.08 Å². The molecular weight excluding hydrogens is 299 g/mol. The molecule has 1 aromatic rings. The lowest BCUT2D eigenvalue weighted by atomic mass is 9.77. The quantitative estimate of drug-likeness (QED) is 0.862. The summed E-state index contributed by atoms with van der Waals surface area (Å²) in [5.74, 6) is 0. The number of benzene rings is 1. The van der Waals surface area contributed by atoms with E-state index < -0.39 is 0 Å². The van der Waals surface area contributed by atoms with Gasteiger partial charge in [0.15, 0.2) is 0 Å². The Morgan fingerprint density at radius 1 is 1.17 bits per heavy atom. The van der Waals surface area contributed by atoms with Crippen LogP contribution in [-0.4, -0.2) is 38.0 Å². The summed E-state index contributed by atoms with van der Waals surface area (Å²) in [5.41, 5.74) is 8.72. The molecule has 0 saturated carbocycles. The SMILES string of the molecule is CC1(C)OB(C(=Cc2cccc(N3CCCC3)c2)CN)OC1(C)C. The van der Waals surface area contributed by atoms with E-state index in [1.54, 1.807) is 0 Å². The standard InChI is InChI=1S/C19H29BN2O2/c1-18(2)19(3,4)24-20(23-18)16(14-21)12-15-8-7-9-17(13-15)22-10-5-6-11-22/h7-9,12-13H,5-6,10-11,14,21H2,1-4H3. The Morgan fingerprint density at radius 3 is 2.38 bits per heavy atom. The average molecular weight is 328 g/mol. The first-order chi connectivity index (χ1) is 11.3. The number of hydrogen-bond donors (Lipinski definition) is 1. The molecule has 24 heavy (non-hydrogen) atoms. The third kappa shape index (κ3) is 3.39. The van der Waals surface area contributed by atoms with Gasteiger partial charge in [0.25, 0.3) is 0 Å². The second kappa shape index (κ2) is 6.55. The van der Waals surface area contributed by atoms with Crippen LogP contribution in [0.5, 0.6) is 0 Å². The Kier molecular flexibility index (Phi) is 4.78. The Balaban J connectivity index is 1.82. The maximum atomic E-state index is 6.14. The van der Waals surface area contributed by atoms with Crippen molar-refractivity contribution < 1.29 is 9.31 Å². The van der Waals surface area contributed by atoms with Crippen molar-refractivity contribution in [2.75, 3.05) is 24.5 Å². The Bertz CT molecular complexity index is 606. The smallest absolute Gasteiger partial charge is 0.400 e. The third-order valence-electron chi connectivity index (χ3n) is 5.49. The molecule has 5 heteroatoms. The van der Waals surface area contributed by atoms with Crippen LogP contribution in [0.15, 0.2) is 29.7 Å². The van der Waals surface area contributed by atoms with Gasteiger partial charge < -0.3 is 19.9 Å². The minimum atomic E-state index is -0.379. The Hall–Kier alpha value is -1.30. The highest BCUT2D eigenvalue weighted by molar-refractivity contribution is 6.55. The highest BCUT2D eigenvalue weighted by atomic mass is 16.7. The molecule has 0 aromatic heterocycles. The molecular formula is C19H29BN2O2. The van der Waals surface area contributed by atoms with Crippen molar-refractivity contribution >= 4 is 18.9 Å². The van der Waals surface area contributed by atoms with E-state index in [4.69, 9.17) is 15.0 Å². The van der Waals surface area contributed by atoms with Crippen molar-refractivity contribution in [3.8, 4) is 0 Å². The molecule has 4 nitrogen and oxygen atoms in total. The van der Waals surface area contributed by atoms with Crippen LogP contribution < -0.4 is 10.6 Å². The number of nitrogens with two attached hydrogens (primary N) is 1. The van der Waals surface area contributed by atoms with Gasteiger partial charge in [-0.1, -0.05) is 18.2 Å². The summed E-state index contributed by atoms with van der Waals surface area (Å²) in [6, 6.07) is 8.63. The first kappa shape index (κ1) is 17.5. The van der Waals surface area contributed by atoms with E-state index in [-0.39, 0.29) is 18.3 Å². The minimum Gasteiger partial charge on any atom is -0.400 e. The molecule has 2 aliphatic rings. The van der Waals surface area contributed by atoms with Gasteiger partial charge in [-0.05, 0) is 63.7 Å². The van der Waals surface area contributed by atoms with Gasteiger partial charge in [-0.15, -0.1) is 0 Å². The molecule has 0 bridgehead atoms. The maximum Gasteiger partial charge on any atom is 0.491 e. The normalized spacial score (nSPS) is 23.1. The van der Waals surface area contributed by atoms with Gasteiger partial charge in [-0.2, -0.15) is 0 Å². The zero-order chi connectivity index (χ0) is 17.4. The lowest BCUT2D eigenvalue weighted by Crippen LogP contribution is -2.41. The van der Waals surface area contributed by atoms with Crippen LogP contribution in [0.4, 0.5) is 5.69 Å². The van der Waals surface area contributed by atoms with Gasteiger partial charge in [0, 0.05) is 25.3 Å². The van der Waals surface area contributed by atoms with E-state index in [0.717, 1.165) is 24.1 Å². The van der Waals surface area contributed by atoms with E-state index in [9.17, 15) is 0 Å². The van der Waals surface area contributed by atoms with Crippen LogP contribution in [0.2, 0.25) is 0 Å². The van der Waals surface area contributed by atoms with Crippen molar-refractivity contribution in [1.82, 2.24) is 0 Å². The van der Waals surface area contributed by atoms with E-state index in [1.165, 1.54) is 18.5 Å². The summed E-state index contributed by atoms with van der Waals surface area (Å²) >= 11 is 0. The van der Waals surface area contributed by atoms with E-state index >= 15 is 0 Å². The zero-order valence-corrected chi connectivity index (χ0v) is 15.3. The summed E-state index contributed by atoms with van der Waals surface area (Å²) in [7, 11) is -0.379. The van der Waals surface area contributed by atoms with Crippen LogP contribution in [0, 0.1) is 0 Å². The number of hydrogen-bond acceptors (Lipinski definition) is 4. The van der Waals surface area contributed by atoms with Gasteiger partial charge in [-0.25, -0.2) is 0 Å². The first-order valence-corrected chi connectivity index (χ1v) is 8.93. The van der Waals surface area contributed by atoms with Crippen molar-refractivity contribution in [2.24, 2.45) is 5.73 Å². The van der Waals surface area contributed by atoms with Crippen molar-refractivity contribution in [1.29, 1.82) is 0 Å². The Morgan fingerprint density at radius 2 is 1.79 bits per heavy atom. The van der Waals surface area contributed by atoms with E-state index in [1.807, 2.05) is 0 Å². The molecule has 0 unspecified atom stereocenters. The van der Waals surface area contributed by atoms with Crippen LogP contribution in [0.3, 0.4) is 0 Å². The highest BCUT2D eigenvalue weighted by Gasteiger charge is 2.52. The number of nitrogens with zero attached hydrogens (tertiary/aromatic N) is 1. The first-order valence-electron chi connectivity index (χ1n) is 8.93. The van der Waals surface area contributed by atoms with E-state index in [2.05, 4.69) is 62.9 Å². The molecule has 2 aliphatic heterocycles. The van der Waals surface area contributed by atoms with Crippen LogP contribution in [0.1, 0.15) is 46.1 Å². The molecule has 2 fully saturated rings. The van der Waals surface area contributed by atoms with Crippen molar-refractivity contribution in [3.05, 3.63) is 35.3 Å². The number of rotatable bonds is 4.